The average molecular weight is 1150 g/mol. The summed E-state index contributed by atoms with van der Waals surface area (Å²) in [6, 6.07) is 40.6. The Labute approximate surface area is 507 Å². The molecule has 9 heteroatoms. The van der Waals surface area contributed by atoms with Crippen molar-refractivity contribution < 1.29 is 42.6 Å². The van der Waals surface area contributed by atoms with Crippen molar-refractivity contribution >= 4 is 0 Å². The first-order valence-electron chi connectivity index (χ1n) is 34.0. The van der Waals surface area contributed by atoms with Gasteiger partial charge in [0.05, 0.1) is 26.4 Å². The van der Waals surface area contributed by atoms with Gasteiger partial charge in [-0.3, -0.25) is 9.47 Å². The van der Waals surface area contributed by atoms with Crippen LogP contribution in [-0.2, 0) is 42.6 Å². The minimum atomic E-state index is -1.37. The summed E-state index contributed by atoms with van der Waals surface area (Å²) < 4.78 is 65.1. The Morgan fingerprint density at radius 2 is 0.446 bits per heavy atom. The monoisotopic (exact) mass is 1150 g/mol. The first-order chi connectivity index (χ1) is 40.9. The summed E-state index contributed by atoms with van der Waals surface area (Å²) in [5.74, 6) is -2.73. The highest BCUT2D eigenvalue weighted by molar-refractivity contribution is 5.21. The second-order valence-corrected chi connectivity index (χ2v) is 23.1. The van der Waals surface area contributed by atoms with E-state index in [4.69, 9.17) is 42.6 Å². The molecule has 9 nitrogen and oxygen atoms in total. The van der Waals surface area contributed by atoms with Crippen LogP contribution in [0.15, 0.2) is 121 Å². The molecule has 0 amide bonds. The lowest BCUT2D eigenvalue weighted by Crippen LogP contribution is -2.42. The quantitative estimate of drug-likeness (QED) is 0.0317. The molecule has 4 aromatic rings. The van der Waals surface area contributed by atoms with Crippen molar-refractivity contribution in [2.24, 2.45) is 0 Å². The predicted octanol–water partition coefficient (Wildman–Crippen LogP) is 22.6. The molecule has 0 N–H and O–H groups in total. The van der Waals surface area contributed by atoms with Crippen LogP contribution < -0.4 is 0 Å². The highest BCUT2D eigenvalue weighted by Crippen LogP contribution is 2.42. The van der Waals surface area contributed by atoms with Crippen molar-refractivity contribution in [3.63, 3.8) is 0 Å². The van der Waals surface area contributed by atoms with Crippen LogP contribution in [0.4, 0.5) is 0 Å². The van der Waals surface area contributed by atoms with E-state index >= 15 is 0 Å². The zero-order chi connectivity index (χ0) is 59.0. The standard InChI is InChI=1S/C74H118O9/c1-7-13-19-25-29-47-61-75-73(59-45-23-17-11-5,76-62-48-30-26-20-14-8-2)82-71(67-55-41-35-42-56-67)80-69(65-51-37-33-38-52-65)79-70(66-53-39-34-40-54-66)81-72(68-57-43-36-44-58-68)83-74(60-46-24-18-12-6,77-63-49-31-27-21-15-9-3)78-64-50-32-28-22-16-10-4/h33-44,51-58,69-72H,7-32,45-50,59-64H2,1-6H3. The Bertz CT molecular complexity index is 1840. The zero-order valence-corrected chi connectivity index (χ0v) is 53.4. The van der Waals surface area contributed by atoms with Gasteiger partial charge < -0.3 is 33.2 Å². The van der Waals surface area contributed by atoms with Gasteiger partial charge >= 0.3 is 0 Å². The second kappa shape index (κ2) is 47.6. The van der Waals surface area contributed by atoms with E-state index in [9.17, 15) is 0 Å². The third kappa shape index (κ3) is 31.7. The summed E-state index contributed by atoms with van der Waals surface area (Å²) in [5.41, 5.74) is 3.23. The van der Waals surface area contributed by atoms with Crippen molar-refractivity contribution in [1.29, 1.82) is 0 Å². The van der Waals surface area contributed by atoms with E-state index in [0.717, 1.165) is 125 Å². The van der Waals surface area contributed by atoms with Crippen LogP contribution in [0.2, 0.25) is 0 Å². The molecule has 0 aliphatic rings. The molecule has 4 unspecified atom stereocenters. The van der Waals surface area contributed by atoms with Crippen molar-refractivity contribution in [2.45, 2.75) is 297 Å². The van der Waals surface area contributed by atoms with Gasteiger partial charge in [0.1, 0.15) is 0 Å². The van der Waals surface area contributed by atoms with E-state index in [0.29, 0.717) is 39.3 Å². The van der Waals surface area contributed by atoms with Gasteiger partial charge in [-0.1, -0.05) is 330 Å². The molecule has 4 aromatic carbocycles. The van der Waals surface area contributed by atoms with Crippen molar-refractivity contribution in [3.8, 4) is 0 Å². The predicted molar refractivity (Wildman–Crippen MR) is 342 cm³/mol. The molecule has 0 saturated carbocycles. The first-order valence-corrected chi connectivity index (χ1v) is 34.0. The van der Waals surface area contributed by atoms with Crippen LogP contribution in [-0.4, -0.2) is 38.4 Å². The molecule has 0 bridgehead atoms. The Hall–Kier alpha value is -3.48. The lowest BCUT2D eigenvalue weighted by Gasteiger charge is -2.39. The molecule has 0 fully saturated rings. The van der Waals surface area contributed by atoms with Crippen LogP contribution in [0.1, 0.15) is 307 Å². The van der Waals surface area contributed by atoms with Gasteiger partial charge in [0, 0.05) is 35.1 Å². The van der Waals surface area contributed by atoms with Crippen LogP contribution in [0.3, 0.4) is 0 Å². The highest BCUT2D eigenvalue weighted by atomic mass is 16.9. The Morgan fingerprint density at radius 3 is 0.699 bits per heavy atom. The number of hydrogen-bond acceptors (Lipinski definition) is 9. The Balaban J connectivity index is 1.81. The van der Waals surface area contributed by atoms with Gasteiger partial charge in [0.25, 0.3) is 11.9 Å². The fourth-order valence-corrected chi connectivity index (χ4v) is 10.4. The number of unbranched alkanes of at least 4 members (excludes halogenated alkanes) is 26. The summed E-state index contributed by atoms with van der Waals surface area (Å²) in [4.78, 5) is 0. The third-order valence-corrected chi connectivity index (χ3v) is 15.6. The maximum absolute atomic E-state index is 7.41. The Kier molecular flexibility index (Phi) is 41.3. The van der Waals surface area contributed by atoms with E-state index in [-0.39, 0.29) is 0 Å². The summed E-state index contributed by atoms with van der Waals surface area (Å²) in [7, 11) is 0. The van der Waals surface area contributed by atoms with Crippen molar-refractivity contribution in [3.05, 3.63) is 144 Å². The first kappa shape index (κ1) is 72.0. The van der Waals surface area contributed by atoms with Gasteiger partial charge in [-0.15, -0.1) is 0 Å². The van der Waals surface area contributed by atoms with E-state index in [1.165, 1.54) is 103 Å². The molecule has 0 aliphatic heterocycles. The fourth-order valence-electron chi connectivity index (χ4n) is 10.4. The maximum atomic E-state index is 7.41. The number of hydrogen-bond donors (Lipinski definition) is 0. The lowest BCUT2D eigenvalue weighted by molar-refractivity contribution is -0.451. The summed E-state index contributed by atoms with van der Waals surface area (Å²) >= 11 is 0. The molecule has 0 radical (unpaired) electrons. The normalized spacial score (nSPS) is 13.6. The highest BCUT2D eigenvalue weighted by Gasteiger charge is 2.41. The smallest absolute Gasteiger partial charge is 0.285 e. The van der Waals surface area contributed by atoms with Crippen molar-refractivity contribution in [1.82, 2.24) is 0 Å². The maximum Gasteiger partial charge on any atom is 0.285 e. The molecule has 0 aromatic heterocycles. The molecular formula is C74H118O9. The minimum absolute atomic E-state index is 0.521. The fraction of sp³-hybridized carbons (Fsp3) is 0.676. The largest absolute Gasteiger partial charge is 0.327 e. The van der Waals surface area contributed by atoms with Crippen molar-refractivity contribution in [2.75, 3.05) is 26.4 Å². The average Bonchev–Trinajstić information content (AvgIpc) is 3.72. The lowest BCUT2D eigenvalue weighted by atomic mass is 10.1. The van der Waals surface area contributed by atoms with E-state index in [2.05, 4.69) is 65.8 Å². The molecule has 0 saturated heterocycles. The molecule has 468 valence electrons. The van der Waals surface area contributed by atoms with Gasteiger partial charge in [-0.05, 0) is 38.5 Å². The van der Waals surface area contributed by atoms with Crippen LogP contribution in [0.5, 0.6) is 0 Å². The van der Waals surface area contributed by atoms with Gasteiger partial charge in [-0.2, -0.15) is 0 Å². The van der Waals surface area contributed by atoms with Crippen LogP contribution in [0, 0.1) is 0 Å². The number of benzene rings is 4. The summed E-state index contributed by atoms with van der Waals surface area (Å²) in [6.45, 7) is 15.6. The summed E-state index contributed by atoms with van der Waals surface area (Å²) in [6.07, 6.45) is 33.2. The molecule has 0 heterocycles. The minimum Gasteiger partial charge on any atom is -0.327 e. The van der Waals surface area contributed by atoms with Gasteiger partial charge in [0.15, 0.2) is 25.2 Å². The molecule has 83 heavy (non-hydrogen) atoms. The molecule has 4 atom stereocenters. The van der Waals surface area contributed by atoms with E-state index in [1.54, 1.807) is 0 Å². The van der Waals surface area contributed by atoms with Gasteiger partial charge in [0.2, 0.25) is 0 Å². The van der Waals surface area contributed by atoms with E-state index < -0.39 is 37.1 Å². The SMILES string of the molecule is CCCCCCCCOC(CCCCCC)(OCCCCCCCC)OC(OC(OC(OC(OC(CCCCCC)(OCCCCCCCC)OCCCCCCCC)c1ccccc1)c1ccccc1)c1ccccc1)c1ccccc1. The topological polar surface area (TPSA) is 83.1 Å². The zero-order valence-electron chi connectivity index (χ0n) is 53.4. The molecule has 0 spiro atoms. The Morgan fingerprint density at radius 1 is 0.241 bits per heavy atom. The van der Waals surface area contributed by atoms with E-state index in [1.807, 2.05) is 97.1 Å². The molecule has 0 aliphatic carbocycles. The molecule has 4 rings (SSSR count). The summed E-state index contributed by atoms with van der Waals surface area (Å²) in [5, 5.41) is 0. The number of ether oxygens (including phenoxy) is 9. The molecular weight excluding hydrogens is 1030 g/mol. The number of rotatable bonds is 56. The van der Waals surface area contributed by atoms with Gasteiger partial charge in [-0.25, -0.2) is 0 Å². The van der Waals surface area contributed by atoms with Crippen LogP contribution >= 0.6 is 0 Å². The van der Waals surface area contributed by atoms with Crippen LogP contribution in [0.25, 0.3) is 0 Å². The second-order valence-electron chi connectivity index (χ2n) is 23.1. The third-order valence-electron chi connectivity index (χ3n) is 15.6.